The van der Waals surface area contributed by atoms with Crippen molar-refractivity contribution >= 4 is 28.0 Å². The monoisotopic (exact) mass is 360 g/mol. The lowest BCUT2D eigenvalue weighted by Crippen LogP contribution is -2.22. The van der Waals surface area contributed by atoms with Crippen LogP contribution in [-0.4, -0.2) is 10.9 Å². The number of hydrogen-bond donors (Lipinski definition) is 1. The summed E-state index contributed by atoms with van der Waals surface area (Å²) in [5.74, 6) is 0.642. The summed E-state index contributed by atoms with van der Waals surface area (Å²) in [7, 11) is 0. The van der Waals surface area contributed by atoms with E-state index in [9.17, 15) is 4.79 Å². The Kier molecular flexibility index (Phi) is 4.62. The van der Waals surface area contributed by atoms with Gasteiger partial charge in [-0.15, -0.1) is 0 Å². The number of carbonyl (C=O) groups excluding carboxylic acids is 1. The minimum atomic E-state index is -0.0844. The summed E-state index contributed by atoms with van der Waals surface area (Å²) in [6, 6.07) is 21.3. The number of thiazole rings is 1. The largest absolute Gasteiger partial charge is 0.431 e. The highest BCUT2D eigenvalue weighted by Crippen LogP contribution is 2.23. The van der Waals surface area contributed by atoms with E-state index < -0.39 is 0 Å². The summed E-state index contributed by atoms with van der Waals surface area (Å²) in [5, 5.41) is 7.62. The van der Waals surface area contributed by atoms with E-state index >= 15 is 0 Å². The van der Waals surface area contributed by atoms with Crippen molar-refractivity contribution in [3.63, 3.8) is 0 Å². The van der Waals surface area contributed by atoms with E-state index in [0.29, 0.717) is 17.3 Å². The Morgan fingerprint density at radius 1 is 1.00 bits per heavy atom. The van der Waals surface area contributed by atoms with E-state index in [4.69, 9.17) is 4.74 Å². The molecule has 4 rings (SSSR count). The summed E-state index contributed by atoms with van der Waals surface area (Å²) in [4.78, 5) is 16.5. The smallest absolute Gasteiger partial charge is 0.278 e. The first kappa shape index (κ1) is 16.3. The normalized spacial score (nSPS) is 10.6. The van der Waals surface area contributed by atoms with Crippen molar-refractivity contribution in [3.8, 4) is 10.9 Å². The average Bonchev–Trinajstić information content (AvgIpc) is 3.20. The number of benzene rings is 3. The number of rotatable bonds is 5. The Bertz CT molecular complexity index is 1030. The zero-order chi connectivity index (χ0) is 17.8. The molecule has 1 N–H and O–H groups in total. The Labute approximate surface area is 155 Å². The molecule has 0 atom stereocenters. The molecule has 0 aliphatic rings. The minimum absolute atomic E-state index is 0.0844. The van der Waals surface area contributed by atoms with Crippen LogP contribution in [0.25, 0.3) is 10.8 Å². The lowest BCUT2D eigenvalue weighted by Gasteiger charge is -2.07. The van der Waals surface area contributed by atoms with Gasteiger partial charge in [0.2, 0.25) is 0 Å². The van der Waals surface area contributed by atoms with Gasteiger partial charge in [-0.25, -0.2) is 4.98 Å². The Hall–Kier alpha value is -3.18. The molecule has 0 spiro atoms. The van der Waals surface area contributed by atoms with Gasteiger partial charge in [-0.3, -0.25) is 4.79 Å². The van der Waals surface area contributed by atoms with E-state index in [1.54, 1.807) is 6.20 Å². The number of fused-ring (bicyclic) bond motifs is 1. The summed E-state index contributed by atoms with van der Waals surface area (Å²) in [6.07, 6.45) is 1.71. The molecule has 0 saturated carbocycles. The molecule has 3 aromatic carbocycles. The minimum Gasteiger partial charge on any atom is -0.431 e. The van der Waals surface area contributed by atoms with Crippen LogP contribution in [0.1, 0.15) is 15.9 Å². The van der Waals surface area contributed by atoms with Gasteiger partial charge in [-0.05, 0) is 40.6 Å². The SMILES string of the molecule is O=C(NCc1ccc(Oc2nccs2)cc1)c1ccc2ccccc2c1. The van der Waals surface area contributed by atoms with Crippen LogP contribution >= 0.6 is 11.3 Å². The third-order valence-electron chi connectivity index (χ3n) is 4.00. The first-order chi connectivity index (χ1) is 12.8. The summed E-state index contributed by atoms with van der Waals surface area (Å²) in [6.45, 7) is 0.462. The van der Waals surface area contributed by atoms with Gasteiger partial charge >= 0.3 is 0 Å². The van der Waals surface area contributed by atoms with Crippen LogP contribution in [-0.2, 0) is 6.54 Å². The highest BCUT2D eigenvalue weighted by atomic mass is 32.1. The van der Waals surface area contributed by atoms with Gasteiger partial charge in [0.15, 0.2) is 0 Å². The maximum absolute atomic E-state index is 12.4. The Morgan fingerprint density at radius 3 is 2.58 bits per heavy atom. The third-order valence-corrected chi connectivity index (χ3v) is 4.65. The molecule has 1 aromatic heterocycles. The Morgan fingerprint density at radius 2 is 1.81 bits per heavy atom. The van der Waals surface area contributed by atoms with Crippen LogP contribution in [0.4, 0.5) is 0 Å². The van der Waals surface area contributed by atoms with Crippen LogP contribution in [0.3, 0.4) is 0 Å². The van der Waals surface area contributed by atoms with Crippen LogP contribution < -0.4 is 10.1 Å². The van der Waals surface area contributed by atoms with E-state index in [2.05, 4.69) is 10.3 Å². The molecule has 0 fully saturated rings. The quantitative estimate of drug-likeness (QED) is 0.544. The molecule has 5 heteroatoms. The second-order valence-electron chi connectivity index (χ2n) is 5.79. The predicted octanol–water partition coefficient (Wildman–Crippen LogP) is 5.02. The van der Waals surface area contributed by atoms with E-state index in [-0.39, 0.29) is 5.91 Å². The Balaban J connectivity index is 1.38. The fraction of sp³-hybridized carbons (Fsp3) is 0.0476. The molecule has 0 radical (unpaired) electrons. The molecule has 1 amide bonds. The summed E-state index contributed by atoms with van der Waals surface area (Å²) >= 11 is 1.44. The van der Waals surface area contributed by atoms with Gasteiger partial charge in [-0.2, -0.15) is 0 Å². The highest BCUT2D eigenvalue weighted by Gasteiger charge is 2.06. The molecule has 1 heterocycles. The maximum atomic E-state index is 12.4. The summed E-state index contributed by atoms with van der Waals surface area (Å²) < 4.78 is 5.63. The van der Waals surface area contributed by atoms with Gasteiger partial charge in [0.25, 0.3) is 11.1 Å². The molecule has 128 valence electrons. The highest BCUT2D eigenvalue weighted by molar-refractivity contribution is 7.11. The zero-order valence-corrected chi connectivity index (χ0v) is 14.7. The summed E-state index contributed by atoms with van der Waals surface area (Å²) in [5.41, 5.74) is 1.66. The molecule has 0 unspecified atom stereocenters. The number of hydrogen-bond acceptors (Lipinski definition) is 4. The van der Waals surface area contributed by atoms with Gasteiger partial charge in [0.1, 0.15) is 5.75 Å². The number of aromatic nitrogens is 1. The van der Waals surface area contributed by atoms with Crippen LogP contribution in [0.2, 0.25) is 0 Å². The third kappa shape index (κ3) is 3.73. The topological polar surface area (TPSA) is 51.2 Å². The van der Waals surface area contributed by atoms with Crippen molar-refractivity contribution in [2.45, 2.75) is 6.54 Å². The molecule has 4 aromatic rings. The molecular formula is C21H16N2O2S. The molecule has 0 aliphatic carbocycles. The first-order valence-corrected chi connectivity index (χ1v) is 9.09. The van der Waals surface area contributed by atoms with Crippen LogP contribution in [0, 0.1) is 0 Å². The van der Waals surface area contributed by atoms with Crippen molar-refractivity contribution in [2.75, 3.05) is 0 Å². The van der Waals surface area contributed by atoms with Crippen molar-refractivity contribution in [3.05, 3.63) is 89.4 Å². The van der Waals surface area contributed by atoms with Gasteiger partial charge < -0.3 is 10.1 Å². The number of ether oxygens (including phenoxy) is 1. The van der Waals surface area contributed by atoms with Gasteiger partial charge in [0.05, 0.1) is 0 Å². The lowest BCUT2D eigenvalue weighted by atomic mass is 10.1. The molecule has 0 aliphatic heterocycles. The average molecular weight is 360 g/mol. The van der Waals surface area contributed by atoms with Crippen molar-refractivity contribution in [1.82, 2.24) is 10.3 Å². The zero-order valence-electron chi connectivity index (χ0n) is 13.9. The molecule has 26 heavy (non-hydrogen) atoms. The fourth-order valence-corrected chi connectivity index (χ4v) is 3.16. The second-order valence-corrected chi connectivity index (χ2v) is 6.65. The van der Waals surface area contributed by atoms with Crippen LogP contribution in [0.15, 0.2) is 78.3 Å². The predicted molar refractivity (Wildman–Crippen MR) is 104 cm³/mol. The standard InChI is InChI=1S/C21H16N2O2S/c24-20(18-8-7-16-3-1-2-4-17(16)13-18)23-14-15-5-9-19(10-6-15)25-21-22-11-12-26-21/h1-13H,14H2,(H,23,24). The maximum Gasteiger partial charge on any atom is 0.278 e. The fourth-order valence-electron chi connectivity index (χ4n) is 2.65. The lowest BCUT2D eigenvalue weighted by molar-refractivity contribution is 0.0951. The first-order valence-electron chi connectivity index (χ1n) is 8.21. The van der Waals surface area contributed by atoms with Crippen LogP contribution in [0.5, 0.6) is 10.9 Å². The number of amides is 1. The number of nitrogens with one attached hydrogen (secondary N) is 1. The molecule has 0 saturated heterocycles. The van der Waals surface area contributed by atoms with Crippen molar-refractivity contribution in [1.29, 1.82) is 0 Å². The number of carbonyl (C=O) groups is 1. The molecule has 4 nitrogen and oxygen atoms in total. The van der Waals surface area contributed by atoms with Crippen molar-refractivity contribution < 1.29 is 9.53 Å². The number of nitrogens with zero attached hydrogens (tertiary/aromatic N) is 1. The van der Waals surface area contributed by atoms with E-state index in [0.717, 1.165) is 22.1 Å². The molecular weight excluding hydrogens is 344 g/mol. The van der Waals surface area contributed by atoms with Gasteiger partial charge in [-0.1, -0.05) is 53.8 Å². The van der Waals surface area contributed by atoms with E-state index in [1.165, 1.54) is 11.3 Å². The van der Waals surface area contributed by atoms with Gasteiger partial charge in [0, 0.05) is 23.7 Å². The van der Waals surface area contributed by atoms with Crippen molar-refractivity contribution in [2.24, 2.45) is 0 Å². The molecule has 0 bridgehead atoms. The van der Waals surface area contributed by atoms with E-state index in [1.807, 2.05) is 72.1 Å². The second kappa shape index (κ2) is 7.37.